The molecule has 0 rings (SSSR count). The maximum atomic E-state index is 4.42. The number of nitrogens with one attached hydrogen (secondary N) is 4. The number of quaternary nitrogens is 4. The molecule has 0 heterocycles. The molecule has 0 amide bonds. The molecule has 2 unspecified atom stereocenters. The number of nitrogens with zero attached hydrogens (tertiary/aromatic N) is 4. The molecule has 224 valence electrons. The van der Waals surface area contributed by atoms with Gasteiger partial charge in [0, 0.05) is 0 Å². The molecular weight excluding hydrogens is 497 g/mol. The van der Waals surface area contributed by atoms with E-state index in [0.717, 1.165) is 39.5 Å². The molecule has 0 spiro atoms. The van der Waals surface area contributed by atoms with E-state index in [1.54, 1.807) is 0 Å². The van der Waals surface area contributed by atoms with Crippen LogP contribution < -0.4 is 19.6 Å². The van der Waals surface area contributed by atoms with Crippen LogP contribution in [0, 0.1) is 0 Å². The van der Waals surface area contributed by atoms with Crippen molar-refractivity contribution < 1.29 is 19.6 Å². The van der Waals surface area contributed by atoms with Gasteiger partial charge in [-0.15, -0.1) is 23.2 Å². The van der Waals surface area contributed by atoms with E-state index in [1.807, 2.05) is 0 Å². The molecule has 0 saturated carbocycles. The first-order chi connectivity index (χ1) is 16.2. The van der Waals surface area contributed by atoms with Gasteiger partial charge in [0.05, 0.1) is 56.4 Å². The fourth-order valence-corrected chi connectivity index (χ4v) is 1.73. The van der Waals surface area contributed by atoms with Crippen LogP contribution in [0.25, 0.3) is 21.3 Å². The van der Waals surface area contributed by atoms with E-state index in [-0.39, 0.29) is 57.2 Å². The predicted octanol–water partition coefficient (Wildman–Crippen LogP) is 0.281. The van der Waals surface area contributed by atoms with Crippen molar-refractivity contribution in [1.82, 2.24) is 0 Å². The molecule has 38 heavy (non-hydrogen) atoms. The standard InChI is InChI=1S/4C7H17N2.2Mg/c2*1-7(2,3)8-6-9(4)5;2*1-5-7(2)8-6-9(3)4;;/h2*6H2,1-5H3;2*7H,5-6H2,1-4H3;;/q4*-1;2*+2/p+4. The number of hydrogen-bond donors (Lipinski definition) is 4. The van der Waals surface area contributed by atoms with Crippen LogP contribution in [0.4, 0.5) is 0 Å². The smallest absolute Gasteiger partial charge is 0.610 e. The fourth-order valence-electron chi connectivity index (χ4n) is 1.73. The summed E-state index contributed by atoms with van der Waals surface area (Å²) < 4.78 is 0. The van der Waals surface area contributed by atoms with Crippen LogP contribution >= 0.6 is 0 Å². The number of rotatable bonds is 12. The molecule has 0 aliphatic heterocycles. The first-order valence-corrected chi connectivity index (χ1v) is 14.0. The average Bonchev–Trinajstić information content (AvgIpc) is 2.73. The van der Waals surface area contributed by atoms with Gasteiger partial charge < -0.3 is 40.9 Å². The van der Waals surface area contributed by atoms with Crippen molar-refractivity contribution in [1.29, 1.82) is 0 Å². The Hall–Kier alpha value is 1.21. The third-order valence-electron chi connectivity index (χ3n) is 4.36. The van der Waals surface area contributed by atoms with Gasteiger partial charge in [-0.1, -0.05) is 82.1 Å². The Morgan fingerprint density at radius 1 is 0.474 bits per heavy atom. The van der Waals surface area contributed by atoms with Crippen LogP contribution in [0.5, 0.6) is 0 Å². The largest absolute Gasteiger partial charge is 2.00 e. The summed E-state index contributed by atoms with van der Waals surface area (Å²) in [5.41, 5.74) is 0.272. The quantitative estimate of drug-likeness (QED) is 0.244. The SMILES string of the molecule is CCC(C)[N-]C[NH+](C)C.CCC(C)[N-]C[NH+](C)C.C[NH+](C)C[N-]C(C)(C)C.C[NH+](C)C[N-]C(C)(C)C.[Mg+2].[Mg+2]. The van der Waals surface area contributed by atoms with Crippen LogP contribution in [0.3, 0.4) is 0 Å². The zero-order valence-corrected chi connectivity index (χ0v) is 32.4. The molecule has 0 aliphatic rings. The van der Waals surface area contributed by atoms with Crippen molar-refractivity contribution in [3.63, 3.8) is 0 Å². The van der Waals surface area contributed by atoms with E-state index in [1.165, 1.54) is 19.6 Å². The molecule has 2 atom stereocenters. The van der Waals surface area contributed by atoms with Gasteiger partial charge >= 0.3 is 46.1 Å². The molecule has 0 fully saturated rings. The normalized spacial score (nSPS) is 12.8. The maximum Gasteiger partial charge on any atom is 2.00 e. The Labute approximate surface area is 273 Å². The van der Waals surface area contributed by atoms with Crippen molar-refractivity contribution in [3.05, 3.63) is 21.3 Å². The average molecular weight is 570 g/mol. The summed E-state index contributed by atoms with van der Waals surface area (Å²) in [6.45, 7) is 25.1. The second-order valence-corrected chi connectivity index (χ2v) is 13.0. The monoisotopic (exact) mass is 569 g/mol. The van der Waals surface area contributed by atoms with Crippen molar-refractivity contribution in [2.24, 2.45) is 0 Å². The third-order valence-corrected chi connectivity index (χ3v) is 4.36. The van der Waals surface area contributed by atoms with E-state index in [4.69, 9.17) is 0 Å². The Morgan fingerprint density at radius 2 is 0.684 bits per heavy atom. The Balaban J connectivity index is -0.0000000883. The molecule has 0 aliphatic carbocycles. The second kappa shape index (κ2) is 31.2. The topological polar surface area (TPSA) is 74.2 Å². The minimum atomic E-state index is 0. The molecule has 0 saturated heterocycles. The van der Waals surface area contributed by atoms with E-state index in [9.17, 15) is 0 Å². The van der Waals surface area contributed by atoms with Gasteiger partial charge in [0.15, 0.2) is 0 Å². The molecule has 0 aromatic rings. The predicted molar refractivity (Wildman–Crippen MR) is 175 cm³/mol. The van der Waals surface area contributed by atoms with Gasteiger partial charge in [0.25, 0.3) is 0 Å². The Bertz CT molecular complexity index is 398. The molecule has 10 heteroatoms. The van der Waals surface area contributed by atoms with Crippen molar-refractivity contribution >= 4 is 46.1 Å². The van der Waals surface area contributed by atoms with Crippen LogP contribution in [0.15, 0.2) is 0 Å². The van der Waals surface area contributed by atoms with Crippen LogP contribution in [0.2, 0.25) is 0 Å². The van der Waals surface area contributed by atoms with Gasteiger partial charge in [-0.25, -0.2) is 0 Å². The molecule has 8 nitrogen and oxygen atoms in total. The van der Waals surface area contributed by atoms with Crippen LogP contribution in [0.1, 0.15) is 82.1 Å². The molecule has 0 bridgehead atoms. The zero-order chi connectivity index (χ0) is 29.5. The van der Waals surface area contributed by atoms with Crippen molar-refractivity contribution in [2.75, 3.05) is 83.1 Å². The Morgan fingerprint density at radius 3 is 0.789 bits per heavy atom. The second-order valence-electron chi connectivity index (χ2n) is 13.0. The molecule has 0 aromatic heterocycles. The van der Waals surface area contributed by atoms with Gasteiger partial charge in [0.1, 0.15) is 0 Å². The summed E-state index contributed by atoms with van der Waals surface area (Å²) in [4.78, 5) is 5.56. The third kappa shape index (κ3) is 65.9. The van der Waals surface area contributed by atoms with Crippen LogP contribution in [-0.2, 0) is 0 Å². The van der Waals surface area contributed by atoms with E-state index >= 15 is 0 Å². The first-order valence-electron chi connectivity index (χ1n) is 14.0. The first kappa shape index (κ1) is 51.9. The molecule has 0 radical (unpaired) electrons. The Kier molecular flexibility index (Phi) is 42.6. The number of hydrogen-bond acceptors (Lipinski definition) is 0. The molecule has 0 aromatic carbocycles. The summed E-state index contributed by atoms with van der Waals surface area (Å²) in [6.07, 6.45) is 2.32. The van der Waals surface area contributed by atoms with Gasteiger partial charge in [0.2, 0.25) is 0 Å². The van der Waals surface area contributed by atoms with Crippen molar-refractivity contribution in [2.45, 2.75) is 105 Å². The van der Waals surface area contributed by atoms with Gasteiger partial charge in [-0.05, 0) is 26.7 Å². The van der Waals surface area contributed by atoms with E-state index in [0.29, 0.717) is 12.1 Å². The minimum Gasteiger partial charge on any atom is -0.610 e. The van der Waals surface area contributed by atoms with Gasteiger partial charge in [-0.2, -0.15) is 0 Å². The van der Waals surface area contributed by atoms with E-state index < -0.39 is 0 Å². The van der Waals surface area contributed by atoms with Crippen LogP contribution in [-0.4, -0.2) is 152 Å². The van der Waals surface area contributed by atoms with E-state index in [2.05, 4.69) is 147 Å². The summed E-state index contributed by atoms with van der Waals surface area (Å²) in [7, 11) is 16.9. The molecular formula is C28H72Mg2N8+4. The fraction of sp³-hybridized carbons (Fsp3) is 1.00. The van der Waals surface area contributed by atoms with Gasteiger partial charge in [-0.3, -0.25) is 0 Å². The summed E-state index contributed by atoms with van der Waals surface area (Å²) >= 11 is 0. The summed E-state index contributed by atoms with van der Waals surface area (Å²) in [5.74, 6) is 0. The summed E-state index contributed by atoms with van der Waals surface area (Å²) in [6, 6.07) is 1.08. The maximum absolute atomic E-state index is 4.42. The molecule has 4 N–H and O–H groups in total. The zero-order valence-electron chi connectivity index (χ0n) is 29.6. The van der Waals surface area contributed by atoms with Crippen molar-refractivity contribution in [3.8, 4) is 0 Å². The minimum absolute atomic E-state index is 0. The summed E-state index contributed by atoms with van der Waals surface area (Å²) in [5, 5.41) is 17.6.